The van der Waals surface area contributed by atoms with Gasteiger partial charge in [0.25, 0.3) is 0 Å². The first-order valence-electron chi connectivity index (χ1n) is 8.03. The van der Waals surface area contributed by atoms with Gasteiger partial charge in [-0.1, -0.05) is 12.1 Å². The maximum Gasteiger partial charge on any atom is 0.335 e. The maximum atomic E-state index is 11.0. The van der Waals surface area contributed by atoms with Crippen molar-refractivity contribution in [1.29, 1.82) is 0 Å². The number of carbonyl (C=O) groups is 1. The van der Waals surface area contributed by atoms with Crippen molar-refractivity contribution in [3.63, 3.8) is 0 Å². The molecule has 0 bridgehead atoms. The Hall–Kier alpha value is -3.61. The summed E-state index contributed by atoms with van der Waals surface area (Å²) in [5.74, 6) is 0.561. The fourth-order valence-electron chi connectivity index (χ4n) is 2.66. The molecular formula is C20H18N2O5. The first-order chi connectivity index (χ1) is 13.1. The molecule has 0 aliphatic heterocycles. The van der Waals surface area contributed by atoms with Gasteiger partial charge >= 0.3 is 5.97 Å². The lowest BCUT2D eigenvalue weighted by atomic mass is 10.1. The number of aromatic carboxylic acids is 1. The molecule has 2 aromatic carbocycles. The van der Waals surface area contributed by atoms with Gasteiger partial charge < -0.3 is 19.3 Å². The van der Waals surface area contributed by atoms with Crippen LogP contribution < -0.4 is 14.2 Å². The summed E-state index contributed by atoms with van der Waals surface area (Å²) in [6.45, 7) is 0. The van der Waals surface area contributed by atoms with Gasteiger partial charge in [-0.3, -0.25) is 4.98 Å². The average Bonchev–Trinajstić information content (AvgIpc) is 2.72. The van der Waals surface area contributed by atoms with E-state index in [-0.39, 0.29) is 5.56 Å². The highest BCUT2D eigenvalue weighted by molar-refractivity contribution is 5.88. The van der Waals surface area contributed by atoms with Gasteiger partial charge in [-0.25, -0.2) is 9.78 Å². The van der Waals surface area contributed by atoms with Crippen molar-refractivity contribution in [3.8, 4) is 39.8 Å². The highest BCUT2D eigenvalue weighted by Crippen LogP contribution is 2.40. The maximum absolute atomic E-state index is 11.0. The number of hydrogen-bond acceptors (Lipinski definition) is 6. The first kappa shape index (κ1) is 18.2. The molecule has 27 heavy (non-hydrogen) atoms. The van der Waals surface area contributed by atoms with Crippen molar-refractivity contribution < 1.29 is 24.1 Å². The second kappa shape index (κ2) is 7.74. The Morgan fingerprint density at radius 2 is 1.41 bits per heavy atom. The Kier molecular flexibility index (Phi) is 5.21. The molecule has 0 saturated heterocycles. The second-order valence-corrected chi connectivity index (χ2v) is 5.59. The Bertz CT molecular complexity index is 945. The third-order valence-corrected chi connectivity index (χ3v) is 4.02. The monoisotopic (exact) mass is 366 g/mol. The van der Waals surface area contributed by atoms with E-state index in [0.717, 1.165) is 11.1 Å². The fraction of sp³-hybridized carbons (Fsp3) is 0.150. The molecule has 0 fully saturated rings. The molecule has 138 valence electrons. The van der Waals surface area contributed by atoms with E-state index in [1.54, 1.807) is 58.0 Å². The molecule has 7 heteroatoms. The molecule has 0 radical (unpaired) electrons. The van der Waals surface area contributed by atoms with Crippen LogP contribution in [0, 0.1) is 0 Å². The topological polar surface area (TPSA) is 90.8 Å². The Labute approximate surface area is 156 Å². The van der Waals surface area contributed by atoms with Crippen LogP contribution >= 0.6 is 0 Å². The van der Waals surface area contributed by atoms with Crippen LogP contribution in [0.4, 0.5) is 0 Å². The average molecular weight is 366 g/mol. The molecule has 3 aromatic rings. The third-order valence-electron chi connectivity index (χ3n) is 4.02. The number of methoxy groups -OCH3 is 3. The van der Waals surface area contributed by atoms with Crippen LogP contribution in [0.5, 0.6) is 17.2 Å². The van der Waals surface area contributed by atoms with Gasteiger partial charge in [0.15, 0.2) is 11.5 Å². The molecule has 0 unspecified atom stereocenters. The highest BCUT2D eigenvalue weighted by Gasteiger charge is 2.15. The smallest absolute Gasteiger partial charge is 0.335 e. The Morgan fingerprint density at radius 3 is 1.89 bits per heavy atom. The molecule has 0 saturated carbocycles. The van der Waals surface area contributed by atoms with Crippen molar-refractivity contribution in [2.75, 3.05) is 21.3 Å². The summed E-state index contributed by atoms with van der Waals surface area (Å²) < 4.78 is 16.1. The van der Waals surface area contributed by atoms with Crippen molar-refractivity contribution in [2.24, 2.45) is 0 Å². The fourth-order valence-corrected chi connectivity index (χ4v) is 2.66. The van der Waals surface area contributed by atoms with Crippen LogP contribution in [-0.4, -0.2) is 42.4 Å². The number of aromatic nitrogens is 2. The number of rotatable bonds is 6. The SMILES string of the molecule is COc1cc(-c2cncc(-c3ccc(C(=O)O)cc3)n2)cc(OC)c1OC. The van der Waals surface area contributed by atoms with Crippen LogP contribution in [0.2, 0.25) is 0 Å². The molecule has 0 atom stereocenters. The number of hydrogen-bond donors (Lipinski definition) is 1. The van der Waals surface area contributed by atoms with E-state index in [1.165, 1.54) is 12.1 Å². The summed E-state index contributed by atoms with van der Waals surface area (Å²) in [5.41, 5.74) is 2.97. The van der Waals surface area contributed by atoms with E-state index in [9.17, 15) is 4.79 Å². The highest BCUT2D eigenvalue weighted by atomic mass is 16.5. The summed E-state index contributed by atoms with van der Waals surface area (Å²) in [6, 6.07) is 10.1. The molecular weight excluding hydrogens is 348 g/mol. The zero-order valence-electron chi connectivity index (χ0n) is 15.1. The summed E-state index contributed by atoms with van der Waals surface area (Å²) in [5, 5.41) is 9.02. The Morgan fingerprint density at radius 1 is 0.852 bits per heavy atom. The zero-order chi connectivity index (χ0) is 19.4. The van der Waals surface area contributed by atoms with Crippen LogP contribution in [0.3, 0.4) is 0 Å². The molecule has 0 spiro atoms. The standard InChI is InChI=1S/C20H18N2O5/c1-25-17-8-14(9-18(26-2)19(17)27-3)16-11-21-10-15(22-16)12-4-6-13(7-5-12)20(23)24/h4-11H,1-3H3,(H,23,24). The van der Waals surface area contributed by atoms with Crippen molar-refractivity contribution in [3.05, 3.63) is 54.4 Å². The molecule has 0 aliphatic carbocycles. The normalized spacial score (nSPS) is 10.3. The number of benzene rings is 2. The summed E-state index contributed by atoms with van der Waals surface area (Å²) >= 11 is 0. The summed E-state index contributed by atoms with van der Waals surface area (Å²) in [6.07, 6.45) is 3.26. The quantitative estimate of drug-likeness (QED) is 0.713. The van der Waals surface area contributed by atoms with Crippen molar-refractivity contribution >= 4 is 5.97 Å². The zero-order valence-corrected chi connectivity index (χ0v) is 15.1. The van der Waals surface area contributed by atoms with Crippen LogP contribution in [0.1, 0.15) is 10.4 Å². The first-order valence-corrected chi connectivity index (χ1v) is 8.03. The molecule has 3 rings (SSSR count). The third kappa shape index (κ3) is 3.67. The van der Waals surface area contributed by atoms with Crippen LogP contribution in [0.25, 0.3) is 22.5 Å². The number of nitrogens with zero attached hydrogens (tertiary/aromatic N) is 2. The molecule has 1 N–H and O–H groups in total. The number of carboxylic acid groups (broad SMARTS) is 1. The lowest BCUT2D eigenvalue weighted by Crippen LogP contribution is -1.97. The minimum absolute atomic E-state index is 0.215. The van der Waals surface area contributed by atoms with E-state index in [2.05, 4.69) is 9.97 Å². The number of ether oxygens (including phenoxy) is 3. The van der Waals surface area contributed by atoms with E-state index in [4.69, 9.17) is 19.3 Å². The summed E-state index contributed by atoms with van der Waals surface area (Å²) in [4.78, 5) is 19.9. The van der Waals surface area contributed by atoms with E-state index >= 15 is 0 Å². The van der Waals surface area contributed by atoms with Gasteiger partial charge in [-0.15, -0.1) is 0 Å². The predicted octanol–water partition coefficient (Wildman–Crippen LogP) is 3.53. The molecule has 1 heterocycles. The van der Waals surface area contributed by atoms with Gasteiger partial charge in [-0.05, 0) is 24.3 Å². The summed E-state index contributed by atoms with van der Waals surface area (Å²) in [7, 11) is 4.64. The van der Waals surface area contributed by atoms with Crippen molar-refractivity contribution in [2.45, 2.75) is 0 Å². The van der Waals surface area contributed by atoms with Gasteiger partial charge in [0, 0.05) is 11.1 Å². The van der Waals surface area contributed by atoms with E-state index in [1.807, 2.05) is 0 Å². The molecule has 0 aliphatic rings. The Balaban J connectivity index is 2.04. The molecule has 1 aromatic heterocycles. The van der Waals surface area contributed by atoms with E-state index in [0.29, 0.717) is 28.6 Å². The van der Waals surface area contributed by atoms with E-state index < -0.39 is 5.97 Å². The molecule has 0 amide bonds. The van der Waals surface area contributed by atoms with Crippen LogP contribution in [0.15, 0.2) is 48.8 Å². The second-order valence-electron chi connectivity index (χ2n) is 5.59. The minimum Gasteiger partial charge on any atom is -0.493 e. The number of carboxylic acids is 1. The lowest BCUT2D eigenvalue weighted by molar-refractivity contribution is 0.0697. The van der Waals surface area contributed by atoms with Crippen molar-refractivity contribution in [1.82, 2.24) is 9.97 Å². The van der Waals surface area contributed by atoms with Crippen LogP contribution in [-0.2, 0) is 0 Å². The minimum atomic E-state index is -0.973. The largest absolute Gasteiger partial charge is 0.493 e. The van der Waals surface area contributed by atoms with Gasteiger partial charge in [0.1, 0.15) is 0 Å². The van der Waals surface area contributed by atoms with Gasteiger partial charge in [0.2, 0.25) is 5.75 Å². The van der Waals surface area contributed by atoms with Gasteiger partial charge in [0.05, 0.1) is 50.7 Å². The van der Waals surface area contributed by atoms with Gasteiger partial charge in [-0.2, -0.15) is 0 Å². The molecule has 7 nitrogen and oxygen atoms in total. The lowest BCUT2D eigenvalue weighted by Gasteiger charge is -2.14. The predicted molar refractivity (Wildman–Crippen MR) is 99.5 cm³/mol.